The molecule has 0 saturated carbocycles. The summed E-state index contributed by atoms with van der Waals surface area (Å²) in [5, 5.41) is 9.43. The molecule has 1 aliphatic rings. The summed E-state index contributed by atoms with van der Waals surface area (Å²) in [7, 11) is -3.56. The summed E-state index contributed by atoms with van der Waals surface area (Å²) in [4.78, 5) is 0. The van der Waals surface area contributed by atoms with Crippen molar-refractivity contribution >= 4 is 15.9 Å². The second-order valence-corrected chi connectivity index (χ2v) is 4.64. The van der Waals surface area contributed by atoms with E-state index in [-0.39, 0.29) is 17.3 Å². The largest absolute Gasteiger partial charge is 0.508 e. The third-order valence-electron chi connectivity index (χ3n) is 1.99. The van der Waals surface area contributed by atoms with Crippen molar-refractivity contribution in [2.75, 3.05) is 0 Å². The molecule has 1 aromatic rings. The Hall–Kier alpha value is -1.56. The fourth-order valence-corrected chi connectivity index (χ4v) is 2.51. The third kappa shape index (κ3) is 1.33. The predicted molar refractivity (Wildman–Crippen MR) is 51.5 cm³/mol. The van der Waals surface area contributed by atoms with Gasteiger partial charge in [0.1, 0.15) is 17.3 Å². The average molecular weight is 212 g/mol. The smallest absolute Gasteiger partial charge is 0.259 e. The van der Waals surface area contributed by atoms with Crippen LogP contribution in [-0.2, 0) is 15.8 Å². The minimum atomic E-state index is -3.56. The van der Waals surface area contributed by atoms with Gasteiger partial charge in [-0.2, -0.15) is 0 Å². The van der Waals surface area contributed by atoms with Crippen LogP contribution in [0.25, 0.3) is 0 Å². The molecule has 0 atom stereocenters. The van der Waals surface area contributed by atoms with Crippen molar-refractivity contribution in [3.05, 3.63) is 29.3 Å². The van der Waals surface area contributed by atoms with E-state index in [0.29, 0.717) is 11.1 Å². The summed E-state index contributed by atoms with van der Waals surface area (Å²) in [6, 6.07) is 4.64. The fourth-order valence-electron chi connectivity index (χ4n) is 1.38. The lowest BCUT2D eigenvalue weighted by molar-refractivity contribution is 0.469. The number of nitrogens with zero attached hydrogens (tertiary/aromatic N) is 1. The number of hydrogen-bond acceptors (Lipinski definition) is 4. The molecule has 0 aliphatic carbocycles. The van der Waals surface area contributed by atoms with Crippen molar-refractivity contribution in [2.24, 2.45) is 10.1 Å². The zero-order valence-corrected chi connectivity index (χ0v) is 7.95. The van der Waals surface area contributed by atoms with Crippen LogP contribution in [0.1, 0.15) is 11.1 Å². The van der Waals surface area contributed by atoms with Crippen LogP contribution in [0.2, 0.25) is 0 Å². The zero-order valence-electron chi connectivity index (χ0n) is 7.14. The van der Waals surface area contributed by atoms with Crippen LogP contribution in [-0.4, -0.2) is 19.4 Å². The quantitative estimate of drug-likeness (QED) is 0.630. The summed E-state index contributed by atoms with van der Waals surface area (Å²) >= 11 is 0. The lowest BCUT2D eigenvalue weighted by atomic mass is 10.1. The molecule has 0 fully saturated rings. The van der Waals surface area contributed by atoms with Crippen LogP contribution in [0, 0.1) is 0 Å². The third-order valence-corrected chi connectivity index (χ3v) is 3.12. The highest BCUT2D eigenvalue weighted by Gasteiger charge is 2.24. The average Bonchev–Trinajstić information content (AvgIpc) is 2.05. The van der Waals surface area contributed by atoms with Crippen LogP contribution in [0.4, 0.5) is 0 Å². The van der Waals surface area contributed by atoms with Gasteiger partial charge in [0, 0.05) is 11.1 Å². The SMILES string of the molecule is NC1=NS(=O)(=O)Cc2c(O)cccc21. The summed E-state index contributed by atoms with van der Waals surface area (Å²) in [6.07, 6.45) is 0. The van der Waals surface area contributed by atoms with Crippen LogP contribution < -0.4 is 5.73 Å². The van der Waals surface area contributed by atoms with Crippen molar-refractivity contribution in [1.82, 2.24) is 0 Å². The molecule has 0 saturated heterocycles. The van der Waals surface area contributed by atoms with Gasteiger partial charge in [0.05, 0.1) is 0 Å². The number of nitrogens with two attached hydrogens (primary N) is 1. The number of phenolic OH excluding ortho intramolecular Hbond substituents is 1. The maximum Gasteiger partial charge on any atom is 0.259 e. The standard InChI is InChI=1S/C8H8N2O3S/c9-8-5-2-1-3-7(11)6(5)4-14(12,13)10-8/h1-3,11H,4H2,(H2,9,10). The molecule has 0 bridgehead atoms. The van der Waals surface area contributed by atoms with E-state index in [1.807, 2.05) is 0 Å². The van der Waals surface area contributed by atoms with Crippen molar-refractivity contribution in [3.63, 3.8) is 0 Å². The van der Waals surface area contributed by atoms with E-state index >= 15 is 0 Å². The molecule has 1 aromatic carbocycles. The number of sulfonamides is 1. The van der Waals surface area contributed by atoms with E-state index in [1.54, 1.807) is 12.1 Å². The van der Waals surface area contributed by atoms with E-state index in [2.05, 4.69) is 4.40 Å². The van der Waals surface area contributed by atoms with Gasteiger partial charge in [-0.15, -0.1) is 4.40 Å². The Morgan fingerprint density at radius 1 is 1.43 bits per heavy atom. The molecule has 5 nitrogen and oxygen atoms in total. The first-order valence-corrected chi connectivity index (χ1v) is 5.50. The van der Waals surface area contributed by atoms with E-state index in [1.165, 1.54) is 6.07 Å². The summed E-state index contributed by atoms with van der Waals surface area (Å²) in [5.74, 6) is -0.429. The number of benzene rings is 1. The zero-order chi connectivity index (χ0) is 10.3. The monoisotopic (exact) mass is 212 g/mol. The Bertz CT molecular complexity index is 519. The molecule has 6 heteroatoms. The van der Waals surface area contributed by atoms with E-state index in [9.17, 15) is 13.5 Å². The Kier molecular flexibility index (Phi) is 1.75. The first kappa shape index (κ1) is 9.01. The molecular formula is C8H8N2O3S. The molecule has 1 aliphatic heterocycles. The van der Waals surface area contributed by atoms with Gasteiger partial charge < -0.3 is 10.8 Å². The number of aromatic hydroxyl groups is 1. The van der Waals surface area contributed by atoms with Gasteiger partial charge in [-0.05, 0) is 6.07 Å². The fraction of sp³-hybridized carbons (Fsp3) is 0.125. The summed E-state index contributed by atoms with van der Waals surface area (Å²) in [5.41, 5.74) is 6.26. The van der Waals surface area contributed by atoms with Crippen LogP contribution in [0.3, 0.4) is 0 Å². The predicted octanol–water partition coefficient (Wildman–Crippen LogP) is -0.0591. The highest BCUT2D eigenvalue weighted by atomic mass is 32.2. The van der Waals surface area contributed by atoms with Crippen LogP contribution >= 0.6 is 0 Å². The van der Waals surface area contributed by atoms with Crippen LogP contribution in [0.5, 0.6) is 5.75 Å². The number of amidine groups is 1. The Morgan fingerprint density at radius 3 is 2.86 bits per heavy atom. The first-order valence-electron chi connectivity index (χ1n) is 3.89. The second kappa shape index (κ2) is 2.71. The number of hydrogen-bond donors (Lipinski definition) is 2. The van der Waals surface area contributed by atoms with Crippen molar-refractivity contribution < 1.29 is 13.5 Å². The molecule has 74 valence electrons. The topological polar surface area (TPSA) is 92.8 Å². The first-order chi connectivity index (χ1) is 6.49. The van der Waals surface area contributed by atoms with Crippen molar-refractivity contribution in [1.29, 1.82) is 0 Å². The molecule has 0 unspecified atom stereocenters. The van der Waals surface area contributed by atoms with Gasteiger partial charge in [0.2, 0.25) is 0 Å². The highest BCUT2D eigenvalue weighted by molar-refractivity contribution is 7.89. The van der Waals surface area contributed by atoms with E-state index < -0.39 is 10.0 Å². The summed E-state index contributed by atoms with van der Waals surface area (Å²) < 4.78 is 25.7. The van der Waals surface area contributed by atoms with Gasteiger partial charge >= 0.3 is 0 Å². The van der Waals surface area contributed by atoms with Gasteiger partial charge in [-0.1, -0.05) is 12.1 Å². The molecule has 2 rings (SSSR count). The summed E-state index contributed by atoms with van der Waals surface area (Å²) in [6.45, 7) is 0. The van der Waals surface area contributed by atoms with Crippen LogP contribution in [0.15, 0.2) is 22.6 Å². The molecule has 0 spiro atoms. The van der Waals surface area contributed by atoms with Crippen molar-refractivity contribution in [3.8, 4) is 5.75 Å². The highest BCUT2D eigenvalue weighted by Crippen LogP contribution is 2.27. The minimum absolute atomic E-state index is 0.0658. The van der Waals surface area contributed by atoms with Crippen molar-refractivity contribution in [2.45, 2.75) is 5.75 Å². The number of rotatable bonds is 0. The molecule has 0 amide bonds. The molecule has 3 N–H and O–H groups in total. The van der Waals surface area contributed by atoms with Gasteiger partial charge in [0.25, 0.3) is 10.0 Å². The molecular weight excluding hydrogens is 204 g/mol. The van der Waals surface area contributed by atoms with Gasteiger partial charge in [0.15, 0.2) is 0 Å². The molecule has 1 heterocycles. The lowest BCUT2D eigenvalue weighted by Crippen LogP contribution is -2.23. The minimum Gasteiger partial charge on any atom is -0.508 e. The Morgan fingerprint density at radius 2 is 2.14 bits per heavy atom. The Balaban J connectivity index is 2.74. The molecule has 0 aromatic heterocycles. The van der Waals surface area contributed by atoms with Gasteiger partial charge in [-0.25, -0.2) is 8.42 Å². The normalized spacial score (nSPS) is 18.4. The second-order valence-electron chi connectivity index (χ2n) is 3.01. The van der Waals surface area contributed by atoms with E-state index in [4.69, 9.17) is 5.73 Å². The number of phenols is 1. The number of fused-ring (bicyclic) bond motifs is 1. The van der Waals surface area contributed by atoms with Gasteiger partial charge in [-0.3, -0.25) is 0 Å². The molecule has 14 heavy (non-hydrogen) atoms. The molecule has 0 radical (unpaired) electrons. The maximum absolute atomic E-state index is 11.2. The lowest BCUT2D eigenvalue weighted by Gasteiger charge is -2.14. The maximum atomic E-state index is 11.2. The van der Waals surface area contributed by atoms with E-state index in [0.717, 1.165) is 0 Å². The Labute approximate surface area is 80.9 Å².